The van der Waals surface area contributed by atoms with Gasteiger partial charge in [-0.3, -0.25) is 14.4 Å². The summed E-state index contributed by atoms with van der Waals surface area (Å²) in [6.45, 7) is 6.64. The molecule has 40 heavy (non-hydrogen) atoms. The number of hydrogen-bond acceptors (Lipinski definition) is 6. The number of alkyl carbamates (subject to hydrolysis) is 1. The smallest absolute Gasteiger partial charge is 0.416 e. The van der Waals surface area contributed by atoms with Crippen LogP contribution in [-0.2, 0) is 25.2 Å². The van der Waals surface area contributed by atoms with Crippen molar-refractivity contribution < 1.29 is 41.8 Å². The van der Waals surface area contributed by atoms with Gasteiger partial charge in [0.2, 0.25) is 5.91 Å². The Kier molecular flexibility index (Phi) is 10.8. The number of nitrogens with one attached hydrogen (secondary N) is 2. The molecule has 12 heteroatoms. The van der Waals surface area contributed by atoms with Crippen LogP contribution in [0.2, 0.25) is 0 Å². The van der Waals surface area contributed by atoms with Crippen LogP contribution in [0.4, 0.5) is 18.0 Å². The predicted molar refractivity (Wildman–Crippen MR) is 138 cm³/mol. The molecule has 9 nitrogen and oxygen atoms in total. The average Bonchev–Trinajstić information content (AvgIpc) is 2.88. The van der Waals surface area contributed by atoms with Crippen LogP contribution in [0.15, 0.2) is 41.4 Å². The number of ether oxygens (including phenoxy) is 2. The quantitative estimate of drug-likeness (QED) is 0.331. The molecule has 0 heterocycles. The third-order valence-electron chi connectivity index (χ3n) is 5.29. The van der Waals surface area contributed by atoms with Crippen molar-refractivity contribution in [3.63, 3.8) is 0 Å². The van der Waals surface area contributed by atoms with Crippen molar-refractivity contribution in [3.05, 3.63) is 70.8 Å². The second kappa shape index (κ2) is 13.6. The Hall–Kier alpha value is -4.40. The molecule has 2 rings (SSSR count). The van der Waals surface area contributed by atoms with Crippen LogP contribution >= 0.6 is 0 Å². The van der Waals surface area contributed by atoms with Crippen LogP contribution in [0.25, 0.3) is 0 Å². The number of aliphatic imine (C=N–C) groups is 1. The van der Waals surface area contributed by atoms with Crippen molar-refractivity contribution in [3.8, 4) is 0 Å². The van der Waals surface area contributed by atoms with Crippen LogP contribution in [0, 0.1) is 12.1 Å². The van der Waals surface area contributed by atoms with E-state index in [9.17, 15) is 32.3 Å². The number of carbonyl (C=O) groups excluding carboxylic acids is 4. The van der Waals surface area contributed by atoms with Crippen molar-refractivity contribution in [2.45, 2.75) is 64.4 Å². The predicted octanol–water partition coefficient (Wildman–Crippen LogP) is 4.91. The molecule has 0 fully saturated rings. The zero-order valence-electron chi connectivity index (χ0n) is 22.6. The van der Waals surface area contributed by atoms with Gasteiger partial charge in [0.15, 0.2) is 0 Å². The Balaban J connectivity index is 2.24. The molecule has 2 aromatic carbocycles. The van der Waals surface area contributed by atoms with Crippen molar-refractivity contribution >= 4 is 30.1 Å². The lowest BCUT2D eigenvalue weighted by atomic mass is 10.0. The molecule has 0 aliphatic rings. The minimum Gasteiger partial charge on any atom is -0.469 e. The fourth-order valence-electron chi connectivity index (χ4n) is 3.32. The van der Waals surface area contributed by atoms with E-state index in [1.807, 2.05) is 0 Å². The first-order valence-corrected chi connectivity index (χ1v) is 12.2. The number of rotatable bonds is 9. The number of alkyl halides is 3. The fraction of sp³-hybridized carbons (Fsp3) is 0.393. The van der Waals surface area contributed by atoms with E-state index >= 15 is 0 Å². The summed E-state index contributed by atoms with van der Waals surface area (Å²) >= 11 is 0. The van der Waals surface area contributed by atoms with Gasteiger partial charge in [-0.15, -0.1) is 0 Å². The molecule has 2 unspecified atom stereocenters. The molecule has 0 aliphatic heterocycles. The van der Waals surface area contributed by atoms with E-state index in [0.29, 0.717) is 12.0 Å². The third kappa shape index (κ3) is 9.72. The van der Waals surface area contributed by atoms with E-state index in [1.54, 1.807) is 27.7 Å². The molecule has 0 bridgehead atoms. The monoisotopic (exact) mass is 561 g/mol. The minimum atomic E-state index is -4.57. The number of esters is 1. The zero-order valence-corrected chi connectivity index (χ0v) is 22.6. The maximum atomic E-state index is 13.3. The van der Waals surface area contributed by atoms with Crippen molar-refractivity contribution in [1.82, 2.24) is 10.6 Å². The number of hydrogen-bond donors (Lipinski definition) is 2. The van der Waals surface area contributed by atoms with Crippen LogP contribution in [0.1, 0.15) is 79.7 Å². The van der Waals surface area contributed by atoms with E-state index in [1.165, 1.54) is 19.2 Å². The topological polar surface area (TPSA) is 123 Å². The first-order valence-electron chi connectivity index (χ1n) is 12.2. The van der Waals surface area contributed by atoms with Gasteiger partial charge in [-0.1, -0.05) is 31.2 Å². The highest BCUT2D eigenvalue weighted by Crippen LogP contribution is 2.30. The summed E-state index contributed by atoms with van der Waals surface area (Å²) in [5.74, 6) is -1.93. The van der Waals surface area contributed by atoms with Gasteiger partial charge in [0, 0.05) is 11.8 Å². The lowest BCUT2D eigenvalue weighted by Crippen LogP contribution is -2.43. The molecule has 2 aromatic rings. The summed E-state index contributed by atoms with van der Waals surface area (Å²) in [5.41, 5.74) is -1.17. The number of methoxy groups -OCH3 is 1. The molecule has 2 N–H and O–H groups in total. The van der Waals surface area contributed by atoms with E-state index in [2.05, 4.69) is 32.5 Å². The maximum Gasteiger partial charge on any atom is 0.416 e. The lowest BCUT2D eigenvalue weighted by molar-refractivity contribution is -0.139. The summed E-state index contributed by atoms with van der Waals surface area (Å²) < 4.78 is 48.8. The lowest BCUT2D eigenvalue weighted by Gasteiger charge is -2.25. The number of nitrogens with zero attached hydrogens (tertiary/aromatic N) is 1. The molecule has 0 saturated heterocycles. The second-order valence-corrected chi connectivity index (χ2v) is 9.52. The van der Waals surface area contributed by atoms with Crippen LogP contribution in [0.3, 0.4) is 0 Å². The number of halogens is 3. The minimum absolute atomic E-state index is 0.0697. The summed E-state index contributed by atoms with van der Waals surface area (Å²) in [5, 5.41) is 5.17. The summed E-state index contributed by atoms with van der Waals surface area (Å²) in [7, 11) is 1.21. The van der Waals surface area contributed by atoms with Crippen molar-refractivity contribution in [1.29, 1.82) is 0 Å². The van der Waals surface area contributed by atoms with Gasteiger partial charge in [0.1, 0.15) is 11.6 Å². The molecule has 0 saturated carbocycles. The molecule has 214 valence electrons. The Morgan fingerprint density at radius 2 is 1.65 bits per heavy atom. The number of amides is 3. The number of carbonyl (C=O) groups is 4. The second-order valence-electron chi connectivity index (χ2n) is 9.52. The van der Waals surface area contributed by atoms with Crippen molar-refractivity contribution in [2.24, 2.45) is 4.99 Å². The Labute approximate surface area is 230 Å². The van der Waals surface area contributed by atoms with Crippen LogP contribution in [0.5, 0.6) is 0 Å². The normalized spacial score (nSPS) is 13.1. The molecule has 0 aliphatic carbocycles. The van der Waals surface area contributed by atoms with E-state index < -0.39 is 53.3 Å². The molecule has 0 spiro atoms. The third-order valence-corrected chi connectivity index (χ3v) is 5.29. The van der Waals surface area contributed by atoms with Gasteiger partial charge in [-0.25, -0.2) is 9.79 Å². The van der Waals surface area contributed by atoms with Gasteiger partial charge < -0.3 is 20.1 Å². The molecular formula is C28H30F3N3O6. The summed E-state index contributed by atoms with van der Waals surface area (Å²) in [6, 6.07) is 10.2. The highest BCUT2D eigenvalue weighted by Gasteiger charge is 2.32. The molecule has 0 aromatic heterocycles. The summed E-state index contributed by atoms with van der Waals surface area (Å²) in [6.07, 6.45) is -4.20. The van der Waals surface area contributed by atoms with Gasteiger partial charge in [-0.2, -0.15) is 13.2 Å². The SMILES string of the molecule is CCC(NC(=O)C(NC(=O)OC(C)(C)C)c1ccc(C(F)(F)F)cc1)c1c#cc(C(=O)N=CCC(=O)OC)cc1. The molecule has 2 atom stereocenters. The first kappa shape index (κ1) is 31.8. The Morgan fingerprint density at radius 1 is 1.00 bits per heavy atom. The Morgan fingerprint density at radius 3 is 2.15 bits per heavy atom. The highest BCUT2D eigenvalue weighted by atomic mass is 19.4. The van der Waals surface area contributed by atoms with Crippen LogP contribution < -0.4 is 10.6 Å². The van der Waals surface area contributed by atoms with Crippen LogP contribution in [-0.4, -0.2) is 42.8 Å². The number of benzene rings is 1. The van der Waals surface area contributed by atoms with Gasteiger partial charge in [0.05, 0.1) is 30.7 Å². The molecule has 0 radical (unpaired) electrons. The fourth-order valence-corrected chi connectivity index (χ4v) is 3.32. The van der Waals surface area contributed by atoms with Gasteiger partial charge >= 0.3 is 18.2 Å². The molecular weight excluding hydrogens is 531 g/mol. The average molecular weight is 562 g/mol. The standard InChI is InChI=1S/C28H30F3N3O6/c1-6-21(17-7-9-19(10-8-17)24(36)32-16-15-22(35)39-5)33-25(37)23(34-26(38)40-27(2,3)4)18-11-13-20(14-12-18)28(29,30)31/h7,9,11-14,16,21,23H,6,15H2,1-5H3,(H,33,37)(H,34,38). The first-order chi connectivity index (χ1) is 18.6. The maximum absolute atomic E-state index is 13.3. The van der Waals surface area contributed by atoms with E-state index in [0.717, 1.165) is 30.5 Å². The largest absolute Gasteiger partial charge is 0.469 e. The van der Waals surface area contributed by atoms with Gasteiger partial charge in [0.25, 0.3) is 5.91 Å². The van der Waals surface area contributed by atoms with Gasteiger partial charge in [-0.05, 0) is 57.0 Å². The highest BCUT2D eigenvalue weighted by molar-refractivity contribution is 6.00. The molecule has 3 amide bonds. The Bertz CT molecular complexity index is 1220. The van der Waals surface area contributed by atoms with E-state index in [-0.39, 0.29) is 17.5 Å². The van der Waals surface area contributed by atoms with E-state index in [4.69, 9.17) is 4.74 Å². The zero-order chi connectivity index (χ0) is 30.1. The summed E-state index contributed by atoms with van der Waals surface area (Å²) in [4.78, 5) is 52.7. The van der Waals surface area contributed by atoms with Crippen molar-refractivity contribution in [2.75, 3.05) is 7.11 Å².